The van der Waals surface area contributed by atoms with Crippen LogP contribution in [-0.4, -0.2) is 30.8 Å². The molecule has 2 rings (SSSR count). The van der Waals surface area contributed by atoms with Crippen LogP contribution >= 0.6 is 15.9 Å². The zero-order valence-corrected chi connectivity index (χ0v) is 14.1. The normalized spacial score (nSPS) is 11.6. The summed E-state index contributed by atoms with van der Waals surface area (Å²) in [6, 6.07) is 12.7. The molecule has 0 amide bonds. The second kappa shape index (κ2) is 6.60. The summed E-state index contributed by atoms with van der Waals surface area (Å²) in [4.78, 5) is 10.9. The van der Waals surface area contributed by atoms with E-state index in [2.05, 4.69) is 15.9 Å². The van der Waals surface area contributed by atoms with Crippen molar-refractivity contribution in [1.29, 1.82) is 0 Å². The van der Waals surface area contributed by atoms with Crippen LogP contribution < -0.4 is 0 Å². The van der Waals surface area contributed by atoms with E-state index in [4.69, 9.17) is 5.11 Å². The van der Waals surface area contributed by atoms with E-state index in [1.165, 1.54) is 29.6 Å². The summed E-state index contributed by atoms with van der Waals surface area (Å²) in [5.41, 5.74) is 0.770. The molecule has 0 atom stereocenters. The number of aromatic carboxylic acids is 1. The fourth-order valence-corrected chi connectivity index (χ4v) is 3.60. The van der Waals surface area contributed by atoms with E-state index in [1.807, 2.05) is 24.3 Å². The van der Waals surface area contributed by atoms with Gasteiger partial charge in [-0.15, -0.1) is 0 Å². The van der Waals surface area contributed by atoms with Gasteiger partial charge in [-0.25, -0.2) is 13.2 Å². The van der Waals surface area contributed by atoms with Crippen molar-refractivity contribution in [2.24, 2.45) is 0 Å². The Labute approximate surface area is 137 Å². The van der Waals surface area contributed by atoms with Crippen molar-refractivity contribution in [1.82, 2.24) is 4.31 Å². The van der Waals surface area contributed by atoms with Crippen molar-refractivity contribution in [3.05, 3.63) is 64.1 Å². The lowest BCUT2D eigenvalue weighted by Crippen LogP contribution is -2.26. The van der Waals surface area contributed by atoms with Crippen molar-refractivity contribution in [3.63, 3.8) is 0 Å². The highest BCUT2D eigenvalue weighted by Crippen LogP contribution is 2.19. The van der Waals surface area contributed by atoms with E-state index < -0.39 is 16.0 Å². The van der Waals surface area contributed by atoms with Gasteiger partial charge in [0.05, 0.1) is 10.5 Å². The topological polar surface area (TPSA) is 74.7 Å². The standard InChI is InChI=1S/C15H14BrNO4S/c1-17(10-11-4-2-6-13(16)8-11)22(20,21)14-7-3-5-12(9-14)15(18)19/h2-9H,10H2,1H3,(H,18,19). The molecule has 0 radical (unpaired) electrons. The maximum absolute atomic E-state index is 12.5. The lowest BCUT2D eigenvalue weighted by molar-refractivity contribution is 0.0696. The van der Waals surface area contributed by atoms with E-state index in [1.54, 1.807) is 0 Å². The Morgan fingerprint density at radius 3 is 2.50 bits per heavy atom. The van der Waals surface area contributed by atoms with Gasteiger partial charge in [0, 0.05) is 18.1 Å². The molecule has 116 valence electrons. The molecule has 1 N–H and O–H groups in total. The van der Waals surface area contributed by atoms with Gasteiger partial charge in [-0.05, 0) is 35.9 Å². The molecule has 0 saturated carbocycles. The quantitative estimate of drug-likeness (QED) is 0.860. The average Bonchev–Trinajstić information content (AvgIpc) is 2.47. The highest BCUT2D eigenvalue weighted by Gasteiger charge is 2.22. The summed E-state index contributed by atoms with van der Waals surface area (Å²) in [6.07, 6.45) is 0. The third kappa shape index (κ3) is 3.73. The zero-order chi connectivity index (χ0) is 16.3. The molecule has 2 aromatic rings. The second-order valence-electron chi connectivity index (χ2n) is 4.72. The molecule has 7 heteroatoms. The molecule has 0 aromatic heterocycles. The Hall–Kier alpha value is -1.70. The molecule has 0 aliphatic rings. The number of sulfonamides is 1. The van der Waals surface area contributed by atoms with Crippen LogP contribution in [0.15, 0.2) is 57.9 Å². The van der Waals surface area contributed by atoms with Crippen molar-refractivity contribution >= 4 is 31.9 Å². The van der Waals surface area contributed by atoms with Crippen molar-refractivity contribution in [2.45, 2.75) is 11.4 Å². The van der Waals surface area contributed by atoms with Gasteiger partial charge in [0.25, 0.3) is 0 Å². The van der Waals surface area contributed by atoms with Crippen LogP contribution in [0.3, 0.4) is 0 Å². The van der Waals surface area contributed by atoms with Gasteiger partial charge in [-0.1, -0.05) is 34.1 Å². The number of hydrogen-bond acceptors (Lipinski definition) is 3. The van der Waals surface area contributed by atoms with Gasteiger partial charge in [-0.3, -0.25) is 0 Å². The lowest BCUT2D eigenvalue weighted by atomic mass is 10.2. The minimum absolute atomic E-state index is 0.0371. The Morgan fingerprint density at radius 1 is 1.18 bits per heavy atom. The van der Waals surface area contributed by atoms with E-state index in [0.717, 1.165) is 16.1 Å². The number of hydrogen-bond donors (Lipinski definition) is 1. The number of rotatable bonds is 5. The molecule has 0 bridgehead atoms. The highest BCUT2D eigenvalue weighted by atomic mass is 79.9. The fraction of sp³-hybridized carbons (Fsp3) is 0.133. The maximum atomic E-state index is 12.5. The van der Waals surface area contributed by atoms with Crippen LogP contribution in [-0.2, 0) is 16.6 Å². The third-order valence-electron chi connectivity index (χ3n) is 3.08. The molecule has 2 aromatic carbocycles. The van der Waals surface area contributed by atoms with Crippen LogP contribution in [0.2, 0.25) is 0 Å². The van der Waals surface area contributed by atoms with Crippen molar-refractivity contribution in [2.75, 3.05) is 7.05 Å². The van der Waals surface area contributed by atoms with Gasteiger partial charge in [0.15, 0.2) is 0 Å². The largest absolute Gasteiger partial charge is 0.478 e. The van der Waals surface area contributed by atoms with Gasteiger partial charge in [0.2, 0.25) is 10.0 Å². The van der Waals surface area contributed by atoms with E-state index >= 15 is 0 Å². The number of nitrogens with zero attached hydrogens (tertiary/aromatic N) is 1. The molecule has 0 fully saturated rings. The highest BCUT2D eigenvalue weighted by molar-refractivity contribution is 9.10. The molecule has 0 heterocycles. The first-order valence-electron chi connectivity index (χ1n) is 6.35. The van der Waals surface area contributed by atoms with Crippen LogP contribution in [0.4, 0.5) is 0 Å². The average molecular weight is 384 g/mol. The minimum atomic E-state index is -3.75. The smallest absolute Gasteiger partial charge is 0.335 e. The van der Waals surface area contributed by atoms with Crippen molar-refractivity contribution in [3.8, 4) is 0 Å². The first-order valence-corrected chi connectivity index (χ1v) is 8.58. The van der Waals surface area contributed by atoms with Gasteiger partial charge >= 0.3 is 5.97 Å². The van der Waals surface area contributed by atoms with Crippen LogP contribution in [0.5, 0.6) is 0 Å². The number of halogens is 1. The summed E-state index contributed by atoms with van der Waals surface area (Å²) in [6.45, 7) is 0.194. The van der Waals surface area contributed by atoms with Gasteiger partial charge < -0.3 is 5.11 Å². The summed E-state index contributed by atoms with van der Waals surface area (Å²) in [5, 5.41) is 8.97. The van der Waals surface area contributed by atoms with Gasteiger partial charge in [-0.2, -0.15) is 4.31 Å². The first-order chi connectivity index (χ1) is 10.3. The van der Waals surface area contributed by atoms with Crippen LogP contribution in [0.25, 0.3) is 0 Å². The first kappa shape index (κ1) is 16.7. The van der Waals surface area contributed by atoms with E-state index in [-0.39, 0.29) is 17.0 Å². The molecular formula is C15H14BrNO4S. The molecule has 0 unspecified atom stereocenters. The molecule has 0 saturated heterocycles. The predicted molar refractivity (Wildman–Crippen MR) is 86.2 cm³/mol. The summed E-state index contributed by atoms with van der Waals surface area (Å²) < 4.78 is 27.1. The Morgan fingerprint density at radius 2 is 1.86 bits per heavy atom. The molecule has 22 heavy (non-hydrogen) atoms. The monoisotopic (exact) mass is 383 g/mol. The van der Waals surface area contributed by atoms with Crippen LogP contribution in [0, 0.1) is 0 Å². The summed E-state index contributed by atoms with van der Waals surface area (Å²) >= 11 is 3.34. The second-order valence-corrected chi connectivity index (χ2v) is 7.68. The molecule has 0 aliphatic carbocycles. The molecule has 0 aliphatic heterocycles. The maximum Gasteiger partial charge on any atom is 0.335 e. The lowest BCUT2D eigenvalue weighted by Gasteiger charge is -2.17. The minimum Gasteiger partial charge on any atom is -0.478 e. The summed E-state index contributed by atoms with van der Waals surface area (Å²) in [7, 11) is -2.29. The van der Waals surface area contributed by atoms with E-state index in [0.29, 0.717) is 0 Å². The molecule has 5 nitrogen and oxygen atoms in total. The fourth-order valence-electron chi connectivity index (χ4n) is 1.95. The van der Waals surface area contributed by atoms with Crippen molar-refractivity contribution < 1.29 is 18.3 Å². The Kier molecular flexibility index (Phi) is 5.00. The van der Waals surface area contributed by atoms with E-state index in [9.17, 15) is 13.2 Å². The molecular weight excluding hydrogens is 370 g/mol. The number of carboxylic acids is 1. The Balaban J connectivity index is 2.29. The zero-order valence-electron chi connectivity index (χ0n) is 11.7. The SMILES string of the molecule is CN(Cc1cccc(Br)c1)S(=O)(=O)c1cccc(C(=O)O)c1. The van der Waals surface area contributed by atoms with Gasteiger partial charge in [0.1, 0.15) is 0 Å². The predicted octanol–water partition coefficient (Wildman–Crippen LogP) is 2.97. The number of benzene rings is 2. The Bertz CT molecular complexity index is 805. The summed E-state index contributed by atoms with van der Waals surface area (Å²) in [5.74, 6) is -1.16. The van der Waals surface area contributed by atoms with Crippen LogP contribution in [0.1, 0.15) is 15.9 Å². The number of carboxylic acid groups (broad SMARTS) is 1. The molecule has 0 spiro atoms. The number of carbonyl (C=O) groups is 1. The third-order valence-corrected chi connectivity index (χ3v) is 5.38.